The highest BCUT2D eigenvalue weighted by atomic mass is 32.1. The quantitative estimate of drug-likeness (QED) is 0.445. The van der Waals surface area contributed by atoms with Crippen molar-refractivity contribution in [2.45, 2.75) is 39.0 Å². The first-order valence-corrected chi connectivity index (χ1v) is 10.7. The summed E-state index contributed by atoms with van der Waals surface area (Å²) in [5.41, 5.74) is 3.18. The third kappa shape index (κ3) is 5.22. The third-order valence-electron chi connectivity index (χ3n) is 5.16. The average molecular weight is 411 g/mol. The molecule has 0 bridgehead atoms. The van der Waals surface area contributed by atoms with Crippen LogP contribution >= 0.6 is 12.6 Å². The lowest BCUT2D eigenvalue weighted by atomic mass is 10.1. The molecular weight excluding hydrogens is 380 g/mol. The predicted molar refractivity (Wildman–Crippen MR) is 123 cm³/mol. The van der Waals surface area contributed by atoms with Crippen molar-refractivity contribution < 1.29 is 9.47 Å². The molecule has 0 aliphatic carbocycles. The van der Waals surface area contributed by atoms with E-state index in [4.69, 9.17) is 9.47 Å². The molecule has 0 saturated carbocycles. The largest absolute Gasteiger partial charge is 0.492 e. The Bertz CT molecular complexity index is 970. The Balaban J connectivity index is 1.88. The highest BCUT2D eigenvalue weighted by Crippen LogP contribution is 2.35. The number of pyridine rings is 1. The zero-order chi connectivity index (χ0) is 20.8. The van der Waals surface area contributed by atoms with Gasteiger partial charge in [0.05, 0.1) is 5.52 Å². The molecule has 154 valence electrons. The van der Waals surface area contributed by atoms with Crippen LogP contribution in [0.15, 0.2) is 47.5 Å². The number of hydrogen-bond donors (Lipinski definition) is 1. The molecule has 0 radical (unpaired) electrons. The number of rotatable bonds is 9. The summed E-state index contributed by atoms with van der Waals surface area (Å²) in [5.74, 6) is 2.42. The summed E-state index contributed by atoms with van der Waals surface area (Å²) in [7, 11) is 0. The Labute approximate surface area is 179 Å². The number of hydrogen-bond acceptors (Lipinski definition) is 5. The normalized spacial score (nSPS) is 11.2. The Morgan fingerprint density at radius 2 is 1.76 bits per heavy atom. The van der Waals surface area contributed by atoms with Gasteiger partial charge in [-0.15, -0.1) is 12.6 Å². The van der Waals surface area contributed by atoms with Crippen LogP contribution in [0.2, 0.25) is 0 Å². The maximum absolute atomic E-state index is 6.19. The smallest absolute Gasteiger partial charge is 0.140 e. The van der Waals surface area contributed by atoms with Crippen LogP contribution in [0, 0.1) is 6.92 Å². The van der Waals surface area contributed by atoms with Gasteiger partial charge in [0.15, 0.2) is 0 Å². The molecule has 1 aromatic heterocycles. The number of aromatic nitrogens is 1. The van der Waals surface area contributed by atoms with Crippen LogP contribution in [0.3, 0.4) is 0 Å². The summed E-state index contributed by atoms with van der Waals surface area (Å²) in [4.78, 5) is 7.72. The van der Waals surface area contributed by atoms with Crippen molar-refractivity contribution >= 4 is 23.5 Å². The Morgan fingerprint density at radius 1 is 0.966 bits per heavy atom. The fourth-order valence-electron chi connectivity index (χ4n) is 3.35. The van der Waals surface area contributed by atoms with Crippen LogP contribution in [0.1, 0.15) is 31.9 Å². The van der Waals surface area contributed by atoms with Crippen LogP contribution in [0.25, 0.3) is 10.9 Å². The second-order valence-corrected chi connectivity index (χ2v) is 7.57. The topological polar surface area (TPSA) is 34.6 Å². The summed E-state index contributed by atoms with van der Waals surface area (Å²) in [6.45, 7) is 12.2. The van der Waals surface area contributed by atoms with Crippen LogP contribution in [0.4, 0.5) is 0 Å². The van der Waals surface area contributed by atoms with E-state index < -0.39 is 0 Å². The monoisotopic (exact) mass is 410 g/mol. The molecule has 0 unspecified atom stereocenters. The van der Waals surface area contributed by atoms with Crippen molar-refractivity contribution in [1.82, 2.24) is 9.88 Å². The molecule has 3 rings (SSSR count). The highest BCUT2D eigenvalue weighted by Gasteiger charge is 2.12. The second-order valence-electron chi connectivity index (χ2n) is 7.09. The fourth-order valence-corrected chi connectivity index (χ4v) is 3.67. The van der Waals surface area contributed by atoms with E-state index in [-0.39, 0.29) is 0 Å². The maximum Gasteiger partial charge on any atom is 0.140 e. The Morgan fingerprint density at radius 3 is 2.45 bits per heavy atom. The van der Waals surface area contributed by atoms with Crippen LogP contribution < -0.4 is 9.47 Å². The first kappa shape index (κ1) is 21.5. The van der Waals surface area contributed by atoms with Gasteiger partial charge in [-0.3, -0.25) is 4.98 Å². The number of ether oxygens (including phenoxy) is 2. The van der Waals surface area contributed by atoms with Gasteiger partial charge in [0.1, 0.15) is 23.9 Å². The van der Waals surface area contributed by atoms with Gasteiger partial charge < -0.3 is 14.4 Å². The Kier molecular flexibility index (Phi) is 7.40. The molecule has 0 aliphatic heterocycles. The summed E-state index contributed by atoms with van der Waals surface area (Å²) in [6, 6.07) is 12.0. The van der Waals surface area contributed by atoms with Crippen LogP contribution in [-0.4, -0.2) is 36.1 Å². The van der Waals surface area contributed by atoms with Gasteiger partial charge in [0, 0.05) is 29.1 Å². The molecule has 5 heteroatoms. The highest BCUT2D eigenvalue weighted by molar-refractivity contribution is 7.80. The molecule has 0 atom stereocenters. The Hall–Kier alpha value is -2.24. The summed E-state index contributed by atoms with van der Waals surface area (Å²) >= 11 is 4.55. The fraction of sp³-hybridized carbons (Fsp3) is 0.375. The van der Waals surface area contributed by atoms with E-state index in [0.717, 1.165) is 70.2 Å². The molecule has 0 fully saturated rings. The molecule has 4 nitrogen and oxygen atoms in total. The van der Waals surface area contributed by atoms with E-state index in [2.05, 4.69) is 49.4 Å². The van der Waals surface area contributed by atoms with Crippen molar-refractivity contribution in [1.29, 1.82) is 0 Å². The van der Waals surface area contributed by atoms with E-state index in [9.17, 15) is 0 Å². The summed E-state index contributed by atoms with van der Waals surface area (Å²) in [5, 5.41) is 0.980. The minimum atomic E-state index is 0.669. The van der Waals surface area contributed by atoms with E-state index in [0.29, 0.717) is 6.61 Å². The average Bonchev–Trinajstić information content (AvgIpc) is 2.72. The van der Waals surface area contributed by atoms with Gasteiger partial charge in [0.25, 0.3) is 0 Å². The standard InChI is InChI=1S/C24H30N2O2S/c1-5-18-15-19-20(16-23(18)27-13-12-26(6-2)7-3)25-11-10-21(19)28-22-9-8-17(4)14-24(22)29/h8-11,14-16,29H,5-7,12-13H2,1-4H3. The zero-order valence-corrected chi connectivity index (χ0v) is 18.6. The van der Waals surface area contributed by atoms with Gasteiger partial charge >= 0.3 is 0 Å². The number of benzene rings is 2. The molecule has 0 spiro atoms. The minimum absolute atomic E-state index is 0.669. The first-order chi connectivity index (χ1) is 14.0. The van der Waals surface area contributed by atoms with Crippen molar-refractivity contribution in [2.75, 3.05) is 26.2 Å². The predicted octanol–water partition coefficient (Wildman–Crippen LogP) is 5.91. The maximum atomic E-state index is 6.19. The van der Waals surface area contributed by atoms with Gasteiger partial charge in [-0.2, -0.15) is 0 Å². The van der Waals surface area contributed by atoms with Gasteiger partial charge in [-0.25, -0.2) is 0 Å². The summed E-state index contributed by atoms with van der Waals surface area (Å²) in [6.07, 6.45) is 2.66. The number of nitrogens with zero attached hydrogens (tertiary/aromatic N) is 2. The molecule has 3 aromatic rings. The third-order valence-corrected chi connectivity index (χ3v) is 5.51. The molecule has 2 aromatic carbocycles. The van der Waals surface area contributed by atoms with E-state index >= 15 is 0 Å². The summed E-state index contributed by atoms with van der Waals surface area (Å²) < 4.78 is 12.3. The molecule has 0 saturated heterocycles. The molecule has 0 amide bonds. The van der Waals surface area contributed by atoms with Crippen LogP contribution in [-0.2, 0) is 6.42 Å². The van der Waals surface area contributed by atoms with E-state index in [1.54, 1.807) is 6.20 Å². The van der Waals surface area contributed by atoms with Gasteiger partial charge in [-0.1, -0.05) is 26.8 Å². The minimum Gasteiger partial charge on any atom is -0.492 e. The van der Waals surface area contributed by atoms with Crippen molar-refractivity contribution in [3.63, 3.8) is 0 Å². The number of aryl methyl sites for hydroxylation is 2. The van der Waals surface area contributed by atoms with Gasteiger partial charge in [0.2, 0.25) is 0 Å². The molecule has 29 heavy (non-hydrogen) atoms. The van der Waals surface area contributed by atoms with E-state index in [1.165, 1.54) is 0 Å². The van der Waals surface area contributed by atoms with Crippen molar-refractivity contribution in [3.8, 4) is 17.2 Å². The van der Waals surface area contributed by atoms with Crippen molar-refractivity contribution in [3.05, 3.63) is 53.7 Å². The number of fused-ring (bicyclic) bond motifs is 1. The number of thiol groups is 1. The SMILES string of the molecule is CCc1cc2c(Oc3ccc(C)cc3S)ccnc2cc1OCCN(CC)CC. The molecule has 0 N–H and O–H groups in total. The van der Waals surface area contributed by atoms with Crippen molar-refractivity contribution in [2.24, 2.45) is 0 Å². The lowest BCUT2D eigenvalue weighted by Gasteiger charge is -2.19. The lowest BCUT2D eigenvalue weighted by molar-refractivity contribution is 0.222. The van der Waals surface area contributed by atoms with Crippen LogP contribution in [0.5, 0.6) is 17.2 Å². The van der Waals surface area contributed by atoms with E-state index in [1.807, 2.05) is 37.3 Å². The number of likely N-dealkylation sites (N-methyl/N-ethyl adjacent to an activating group) is 1. The lowest BCUT2D eigenvalue weighted by Crippen LogP contribution is -2.28. The second kappa shape index (κ2) is 9.99. The molecular formula is C24H30N2O2S. The molecule has 1 heterocycles. The first-order valence-electron chi connectivity index (χ1n) is 10.3. The molecule has 0 aliphatic rings. The zero-order valence-electron chi connectivity index (χ0n) is 17.7. The van der Waals surface area contributed by atoms with Gasteiger partial charge in [-0.05, 0) is 61.8 Å².